The van der Waals surface area contributed by atoms with Crippen LogP contribution in [0.25, 0.3) is 0 Å². The molecule has 7 atom stereocenters. The van der Waals surface area contributed by atoms with Crippen LogP contribution in [-0.4, -0.2) is 77.3 Å². The fourth-order valence-electron chi connectivity index (χ4n) is 3.96. The zero-order valence-electron chi connectivity index (χ0n) is 18.8. The molecule has 31 heavy (non-hydrogen) atoms. The first-order valence-electron chi connectivity index (χ1n) is 10.4. The number of carboxylic acids is 1. The van der Waals surface area contributed by atoms with Crippen molar-refractivity contribution in [1.29, 1.82) is 0 Å². The molecule has 0 unspecified atom stereocenters. The number of carboxylic acid groups (broad SMARTS) is 1. The van der Waals surface area contributed by atoms with Crippen molar-refractivity contribution in [3.8, 4) is 0 Å². The molecule has 3 N–H and O–H groups in total. The van der Waals surface area contributed by atoms with E-state index >= 15 is 0 Å². The van der Waals surface area contributed by atoms with E-state index in [2.05, 4.69) is 10.6 Å². The second kappa shape index (κ2) is 8.28. The Kier molecular flexibility index (Phi) is 6.38. The van der Waals surface area contributed by atoms with Crippen LogP contribution in [0.5, 0.6) is 0 Å². The smallest absolute Gasteiger partial charge is 0.325 e. The van der Waals surface area contributed by atoms with Crippen LogP contribution in [-0.2, 0) is 38.1 Å². The number of carbonyl (C=O) groups excluding carboxylic acids is 2. The van der Waals surface area contributed by atoms with E-state index in [1.54, 1.807) is 41.5 Å². The fraction of sp³-hybridized carbons (Fsp3) is 0.850. The monoisotopic (exact) mass is 444 g/mol. The summed E-state index contributed by atoms with van der Waals surface area (Å²) in [5.41, 5.74) is 0. The summed E-state index contributed by atoms with van der Waals surface area (Å²) in [4.78, 5) is 36.8. The molecule has 0 radical (unpaired) electrons. The molecule has 2 amide bonds. The molecular weight excluding hydrogens is 412 g/mol. The second-order valence-corrected chi connectivity index (χ2v) is 9.39. The molecule has 3 heterocycles. The Morgan fingerprint density at radius 3 is 1.97 bits per heavy atom. The molecule has 3 saturated heterocycles. The number of hydrogen-bond acceptors (Lipinski definition) is 8. The molecule has 3 rings (SSSR count). The molecule has 0 aliphatic carbocycles. The molecule has 0 aromatic rings. The molecule has 0 bridgehead atoms. The molecule has 3 aliphatic heterocycles. The summed E-state index contributed by atoms with van der Waals surface area (Å²) in [5, 5.41) is 14.1. The Bertz CT molecular complexity index is 738. The van der Waals surface area contributed by atoms with Gasteiger partial charge in [-0.2, -0.15) is 0 Å². The van der Waals surface area contributed by atoms with Crippen LogP contribution in [0.3, 0.4) is 0 Å². The maximum absolute atomic E-state index is 13.2. The van der Waals surface area contributed by atoms with Gasteiger partial charge in [0.05, 0.1) is 0 Å². The van der Waals surface area contributed by atoms with E-state index in [9.17, 15) is 14.4 Å². The van der Waals surface area contributed by atoms with Crippen molar-refractivity contribution in [3.63, 3.8) is 0 Å². The van der Waals surface area contributed by atoms with Gasteiger partial charge >= 0.3 is 5.97 Å². The maximum Gasteiger partial charge on any atom is 0.325 e. The molecule has 176 valence electrons. The van der Waals surface area contributed by atoms with Crippen LogP contribution in [0, 0.1) is 5.92 Å². The minimum Gasteiger partial charge on any atom is -0.480 e. The van der Waals surface area contributed by atoms with Gasteiger partial charge in [0.1, 0.15) is 30.4 Å². The molecule has 0 aromatic carbocycles. The van der Waals surface area contributed by atoms with E-state index in [4.69, 9.17) is 28.8 Å². The topological polar surface area (TPSA) is 142 Å². The van der Waals surface area contributed by atoms with Gasteiger partial charge in [-0.25, -0.2) is 0 Å². The third-order valence-electron chi connectivity index (χ3n) is 5.39. The highest BCUT2D eigenvalue weighted by Gasteiger charge is 2.62. The molecular formula is C20H32N2O9. The van der Waals surface area contributed by atoms with Gasteiger partial charge in [0.15, 0.2) is 24.0 Å². The first-order valence-corrected chi connectivity index (χ1v) is 10.4. The lowest BCUT2D eigenvalue weighted by Gasteiger charge is -2.37. The highest BCUT2D eigenvalue weighted by molar-refractivity contribution is 5.91. The van der Waals surface area contributed by atoms with Gasteiger partial charge in [-0.05, 0) is 40.5 Å². The third-order valence-corrected chi connectivity index (χ3v) is 5.39. The van der Waals surface area contributed by atoms with Gasteiger partial charge in [-0.3, -0.25) is 14.4 Å². The predicted molar refractivity (Wildman–Crippen MR) is 105 cm³/mol. The van der Waals surface area contributed by atoms with Crippen LogP contribution in [0.4, 0.5) is 0 Å². The highest BCUT2D eigenvalue weighted by atomic mass is 16.9. The number of nitrogens with one attached hydrogen (secondary N) is 2. The summed E-state index contributed by atoms with van der Waals surface area (Å²) in [6.07, 6.45) is -3.92. The highest BCUT2D eigenvalue weighted by Crippen LogP contribution is 2.44. The summed E-state index contributed by atoms with van der Waals surface area (Å²) in [7, 11) is 0. The quantitative estimate of drug-likeness (QED) is 0.520. The summed E-state index contributed by atoms with van der Waals surface area (Å²) < 4.78 is 29.5. The second-order valence-electron chi connectivity index (χ2n) is 9.39. The van der Waals surface area contributed by atoms with Gasteiger partial charge in [0, 0.05) is 0 Å². The number of rotatable bonds is 6. The van der Waals surface area contributed by atoms with Crippen LogP contribution < -0.4 is 10.6 Å². The lowest BCUT2D eigenvalue weighted by Crippen LogP contribution is -2.62. The van der Waals surface area contributed by atoms with Crippen molar-refractivity contribution in [2.75, 3.05) is 0 Å². The minimum atomic E-state index is -1.17. The average molecular weight is 444 g/mol. The number of aliphatic carboxylic acids is 1. The molecule has 0 aromatic heterocycles. The summed E-state index contributed by atoms with van der Waals surface area (Å²) in [5.74, 6) is -4.55. The molecule has 11 heteroatoms. The van der Waals surface area contributed by atoms with Gasteiger partial charge in [0.25, 0.3) is 5.91 Å². The van der Waals surface area contributed by atoms with Gasteiger partial charge in [0.2, 0.25) is 5.91 Å². The van der Waals surface area contributed by atoms with Crippen molar-refractivity contribution in [1.82, 2.24) is 10.6 Å². The standard InChI is InChI=1S/C20H32N2O9/c1-8(2)10(15(23)21-9(3)17(25)26)22-16(24)13-11-12(29-19(4,5)28-11)14-18(27-13)31-20(6,7)30-14/h8-14,18H,1-7H3,(H,21,23)(H,22,24)(H,25,26)/t9-,10-,11+,12+,13+,14-,18+/m1/s1. The van der Waals surface area contributed by atoms with Crippen LogP contribution in [0.15, 0.2) is 0 Å². The van der Waals surface area contributed by atoms with E-state index in [-0.39, 0.29) is 5.92 Å². The van der Waals surface area contributed by atoms with Crippen molar-refractivity contribution in [2.24, 2.45) is 5.92 Å². The lowest BCUT2D eigenvalue weighted by atomic mass is 9.97. The van der Waals surface area contributed by atoms with Crippen LogP contribution >= 0.6 is 0 Å². The summed E-state index contributed by atoms with van der Waals surface area (Å²) >= 11 is 0. The third kappa shape index (κ3) is 5.01. The number of fused-ring (bicyclic) bond motifs is 3. The molecule has 3 aliphatic rings. The van der Waals surface area contributed by atoms with E-state index in [1.165, 1.54) is 6.92 Å². The van der Waals surface area contributed by atoms with E-state index in [1.807, 2.05) is 0 Å². The average Bonchev–Trinajstić information content (AvgIpc) is 3.11. The maximum atomic E-state index is 13.2. The Balaban J connectivity index is 1.77. The summed E-state index contributed by atoms with van der Waals surface area (Å²) in [6, 6.07) is -2.07. The Labute approximate surface area is 181 Å². The van der Waals surface area contributed by atoms with Gasteiger partial charge in [-0.1, -0.05) is 13.8 Å². The minimum absolute atomic E-state index is 0.306. The zero-order chi connectivity index (χ0) is 23.3. The number of amides is 2. The van der Waals surface area contributed by atoms with E-state index in [0.29, 0.717) is 0 Å². The van der Waals surface area contributed by atoms with E-state index < -0.39 is 72.1 Å². The SMILES string of the molecule is CC(C)[C@@H](NC(=O)[C@H]1O[C@H]2OC(C)(C)O[C@@H]2[C@H]2OC(C)(C)O[C@@H]21)C(=O)N[C@H](C)C(=O)O. The number of ether oxygens (including phenoxy) is 5. The molecule has 0 spiro atoms. The lowest BCUT2D eigenvalue weighted by molar-refractivity contribution is -0.231. The number of hydrogen-bond donors (Lipinski definition) is 3. The Morgan fingerprint density at radius 2 is 1.39 bits per heavy atom. The predicted octanol–water partition coefficient (Wildman–Crippen LogP) is 0.113. The molecule has 0 saturated carbocycles. The first kappa shape index (κ1) is 23.9. The number of carbonyl (C=O) groups is 3. The molecule has 3 fully saturated rings. The molecule has 11 nitrogen and oxygen atoms in total. The Hall–Kier alpha value is -1.79. The van der Waals surface area contributed by atoms with Crippen LogP contribution in [0.2, 0.25) is 0 Å². The van der Waals surface area contributed by atoms with Crippen molar-refractivity contribution < 1.29 is 43.2 Å². The van der Waals surface area contributed by atoms with Gasteiger partial charge in [-0.15, -0.1) is 0 Å². The summed E-state index contributed by atoms with van der Waals surface area (Å²) in [6.45, 7) is 11.8. The van der Waals surface area contributed by atoms with Crippen molar-refractivity contribution in [2.45, 2.75) is 103 Å². The normalized spacial score (nSPS) is 35.0. The fourth-order valence-corrected chi connectivity index (χ4v) is 3.96. The first-order chi connectivity index (χ1) is 14.2. The van der Waals surface area contributed by atoms with Crippen molar-refractivity contribution >= 4 is 17.8 Å². The zero-order valence-corrected chi connectivity index (χ0v) is 18.8. The Morgan fingerprint density at radius 1 is 0.839 bits per heavy atom. The van der Waals surface area contributed by atoms with Crippen molar-refractivity contribution in [3.05, 3.63) is 0 Å². The van der Waals surface area contributed by atoms with Gasteiger partial charge < -0.3 is 39.4 Å². The largest absolute Gasteiger partial charge is 0.480 e. The van der Waals surface area contributed by atoms with E-state index in [0.717, 1.165) is 0 Å². The van der Waals surface area contributed by atoms with Crippen LogP contribution in [0.1, 0.15) is 48.5 Å².